The van der Waals surface area contributed by atoms with E-state index in [1.54, 1.807) is 12.1 Å². The number of rotatable bonds is 5. The average molecular weight is 391 g/mol. The van der Waals surface area contributed by atoms with Crippen molar-refractivity contribution in [3.63, 3.8) is 0 Å². The van der Waals surface area contributed by atoms with Gasteiger partial charge in [0.05, 0.1) is 13.2 Å². The van der Waals surface area contributed by atoms with Crippen molar-refractivity contribution in [1.29, 1.82) is 0 Å². The summed E-state index contributed by atoms with van der Waals surface area (Å²) in [6.07, 6.45) is 0. The van der Waals surface area contributed by atoms with Gasteiger partial charge >= 0.3 is 5.97 Å². The highest BCUT2D eigenvalue weighted by Gasteiger charge is 2.15. The summed E-state index contributed by atoms with van der Waals surface area (Å²) in [6.45, 7) is 2.60. The molecule has 7 nitrogen and oxygen atoms in total. The number of nitrogens with one attached hydrogen (secondary N) is 1. The number of anilines is 2. The Morgan fingerprint density at radius 1 is 1.15 bits per heavy atom. The van der Waals surface area contributed by atoms with E-state index in [1.165, 1.54) is 18.2 Å². The molecule has 27 heavy (non-hydrogen) atoms. The summed E-state index contributed by atoms with van der Waals surface area (Å²) < 4.78 is 10.3. The third kappa shape index (κ3) is 5.12. The summed E-state index contributed by atoms with van der Waals surface area (Å²) in [4.78, 5) is 26.1. The lowest BCUT2D eigenvalue weighted by Crippen LogP contribution is -2.36. The van der Waals surface area contributed by atoms with Crippen LogP contribution < -0.4 is 10.2 Å². The molecule has 0 bridgehead atoms. The smallest absolute Gasteiger partial charge is 0.342 e. The van der Waals surface area contributed by atoms with Gasteiger partial charge in [-0.2, -0.15) is 0 Å². The zero-order valence-corrected chi connectivity index (χ0v) is 15.2. The van der Waals surface area contributed by atoms with Crippen LogP contribution in [0, 0.1) is 0 Å². The highest BCUT2D eigenvalue weighted by atomic mass is 35.5. The van der Waals surface area contributed by atoms with Gasteiger partial charge in [-0.15, -0.1) is 0 Å². The van der Waals surface area contributed by atoms with Gasteiger partial charge in [-0.3, -0.25) is 4.79 Å². The van der Waals surface area contributed by atoms with E-state index < -0.39 is 18.5 Å². The number of aromatic hydroxyl groups is 1. The number of carbonyl (C=O) groups is 2. The zero-order valence-electron chi connectivity index (χ0n) is 14.5. The highest BCUT2D eigenvalue weighted by molar-refractivity contribution is 6.30. The van der Waals surface area contributed by atoms with Crippen molar-refractivity contribution >= 4 is 34.9 Å². The van der Waals surface area contributed by atoms with Crippen LogP contribution in [0.4, 0.5) is 11.4 Å². The maximum absolute atomic E-state index is 12.0. The molecule has 0 spiro atoms. The number of halogens is 1. The number of ether oxygens (including phenoxy) is 2. The molecule has 8 heteroatoms. The molecule has 0 saturated carbocycles. The number of phenols is 1. The zero-order chi connectivity index (χ0) is 19.2. The van der Waals surface area contributed by atoms with E-state index >= 15 is 0 Å². The van der Waals surface area contributed by atoms with Crippen LogP contribution in [0.5, 0.6) is 5.75 Å². The lowest BCUT2D eigenvalue weighted by atomic mass is 10.2. The summed E-state index contributed by atoms with van der Waals surface area (Å²) in [5.74, 6) is -1.58. The standard InChI is InChI=1S/C19H19ClN2O5/c20-13-1-6-16(17(23)11-13)19(25)27-12-18(24)21-14-2-4-15(5-3-14)22-7-9-26-10-8-22/h1-6,11,23H,7-10,12H2,(H,21,24). The molecule has 2 N–H and O–H groups in total. The van der Waals surface area contributed by atoms with Crippen LogP contribution in [-0.4, -0.2) is 49.9 Å². The van der Waals surface area contributed by atoms with E-state index in [-0.39, 0.29) is 11.3 Å². The summed E-state index contributed by atoms with van der Waals surface area (Å²) in [7, 11) is 0. The summed E-state index contributed by atoms with van der Waals surface area (Å²) in [5.41, 5.74) is 1.60. The normalized spacial score (nSPS) is 13.9. The monoisotopic (exact) mass is 390 g/mol. The lowest BCUT2D eigenvalue weighted by molar-refractivity contribution is -0.119. The van der Waals surface area contributed by atoms with Gasteiger partial charge in [-0.1, -0.05) is 11.6 Å². The minimum atomic E-state index is -0.804. The van der Waals surface area contributed by atoms with Crippen molar-refractivity contribution in [3.05, 3.63) is 53.1 Å². The second kappa shape index (κ2) is 8.75. The molecule has 1 saturated heterocycles. The van der Waals surface area contributed by atoms with Crippen LogP contribution >= 0.6 is 11.6 Å². The third-order valence-electron chi connectivity index (χ3n) is 4.04. The Balaban J connectivity index is 1.50. The van der Waals surface area contributed by atoms with Crippen molar-refractivity contribution in [2.75, 3.05) is 43.1 Å². The van der Waals surface area contributed by atoms with Crippen molar-refractivity contribution in [2.45, 2.75) is 0 Å². The van der Waals surface area contributed by atoms with Crippen LogP contribution in [0.2, 0.25) is 5.02 Å². The quantitative estimate of drug-likeness (QED) is 0.763. The van der Waals surface area contributed by atoms with Crippen LogP contribution in [0.25, 0.3) is 0 Å². The van der Waals surface area contributed by atoms with Crippen LogP contribution in [0.1, 0.15) is 10.4 Å². The largest absolute Gasteiger partial charge is 0.507 e. The molecule has 1 fully saturated rings. The molecule has 142 valence electrons. The molecule has 1 amide bonds. The van der Waals surface area contributed by atoms with Crippen LogP contribution in [-0.2, 0) is 14.3 Å². The first kappa shape index (κ1) is 19.0. The van der Waals surface area contributed by atoms with E-state index in [0.717, 1.165) is 18.8 Å². The molecule has 1 aliphatic rings. The number of hydrogen-bond donors (Lipinski definition) is 2. The van der Waals surface area contributed by atoms with Gasteiger partial charge in [0.1, 0.15) is 11.3 Å². The fraction of sp³-hybridized carbons (Fsp3) is 0.263. The fourth-order valence-corrected chi connectivity index (χ4v) is 2.83. The maximum Gasteiger partial charge on any atom is 0.342 e. The molecule has 0 atom stereocenters. The number of morpholine rings is 1. The Labute approximate surface area is 161 Å². The van der Waals surface area contributed by atoms with Crippen LogP contribution in [0.15, 0.2) is 42.5 Å². The molecule has 1 aliphatic heterocycles. The number of hydrogen-bond acceptors (Lipinski definition) is 6. The molecule has 0 unspecified atom stereocenters. The lowest BCUT2D eigenvalue weighted by Gasteiger charge is -2.28. The molecule has 2 aromatic carbocycles. The minimum absolute atomic E-state index is 0.0536. The SMILES string of the molecule is O=C(COC(=O)c1ccc(Cl)cc1O)Nc1ccc(N2CCOCC2)cc1. The Kier molecular flexibility index (Phi) is 6.16. The van der Waals surface area contributed by atoms with E-state index in [0.29, 0.717) is 23.9 Å². The molecule has 0 aliphatic carbocycles. The molecule has 3 rings (SSSR count). The van der Waals surface area contributed by atoms with Gasteiger partial charge in [-0.25, -0.2) is 4.79 Å². The van der Waals surface area contributed by atoms with Gasteiger partial charge in [0.25, 0.3) is 5.91 Å². The Hall–Kier alpha value is -2.77. The number of nitrogens with zero attached hydrogens (tertiary/aromatic N) is 1. The van der Waals surface area contributed by atoms with Gasteiger partial charge in [-0.05, 0) is 42.5 Å². The Bertz CT molecular complexity index is 819. The first-order valence-corrected chi connectivity index (χ1v) is 8.79. The van der Waals surface area contributed by atoms with Crippen LogP contribution in [0.3, 0.4) is 0 Å². The predicted molar refractivity (Wildman–Crippen MR) is 102 cm³/mol. The number of benzene rings is 2. The Morgan fingerprint density at radius 2 is 1.85 bits per heavy atom. The first-order chi connectivity index (χ1) is 13.0. The van der Waals surface area contributed by atoms with Crippen molar-refractivity contribution in [2.24, 2.45) is 0 Å². The van der Waals surface area contributed by atoms with Crippen molar-refractivity contribution < 1.29 is 24.2 Å². The second-order valence-electron chi connectivity index (χ2n) is 5.93. The van der Waals surface area contributed by atoms with E-state index in [2.05, 4.69) is 10.2 Å². The fourth-order valence-electron chi connectivity index (χ4n) is 2.66. The van der Waals surface area contributed by atoms with Gasteiger partial charge in [0.15, 0.2) is 6.61 Å². The maximum atomic E-state index is 12.0. The van der Waals surface area contributed by atoms with Gasteiger partial charge in [0.2, 0.25) is 0 Å². The summed E-state index contributed by atoms with van der Waals surface area (Å²) in [6, 6.07) is 11.4. The number of carbonyl (C=O) groups excluding carboxylic acids is 2. The van der Waals surface area contributed by atoms with Gasteiger partial charge in [0, 0.05) is 29.5 Å². The van der Waals surface area contributed by atoms with E-state index in [1.807, 2.05) is 12.1 Å². The number of esters is 1. The topological polar surface area (TPSA) is 88.1 Å². The number of amides is 1. The summed E-state index contributed by atoms with van der Waals surface area (Å²) >= 11 is 5.71. The minimum Gasteiger partial charge on any atom is -0.507 e. The first-order valence-electron chi connectivity index (χ1n) is 8.41. The Morgan fingerprint density at radius 3 is 2.52 bits per heavy atom. The van der Waals surface area contributed by atoms with Crippen molar-refractivity contribution in [1.82, 2.24) is 0 Å². The second-order valence-corrected chi connectivity index (χ2v) is 6.37. The van der Waals surface area contributed by atoms with Crippen molar-refractivity contribution in [3.8, 4) is 5.75 Å². The molecule has 0 aromatic heterocycles. The highest BCUT2D eigenvalue weighted by Crippen LogP contribution is 2.22. The predicted octanol–water partition coefficient (Wildman–Crippen LogP) is 2.68. The molecule has 2 aromatic rings. The molecule has 1 heterocycles. The van der Waals surface area contributed by atoms with E-state index in [9.17, 15) is 14.7 Å². The molecule has 0 radical (unpaired) electrons. The molecular weight excluding hydrogens is 372 g/mol. The molecular formula is C19H19ClN2O5. The van der Waals surface area contributed by atoms with E-state index in [4.69, 9.17) is 21.1 Å². The summed E-state index contributed by atoms with van der Waals surface area (Å²) in [5, 5.41) is 12.7. The third-order valence-corrected chi connectivity index (χ3v) is 4.28. The average Bonchev–Trinajstić information content (AvgIpc) is 2.67. The van der Waals surface area contributed by atoms with Gasteiger partial charge < -0.3 is 24.8 Å². The number of phenolic OH excluding ortho intramolecular Hbond substituents is 1.